The number of amides is 1. The van der Waals surface area contributed by atoms with Crippen molar-refractivity contribution in [1.82, 2.24) is 15.0 Å². The molecular weight excluding hydrogens is 356 g/mol. The van der Waals surface area contributed by atoms with E-state index in [0.717, 1.165) is 16.5 Å². The van der Waals surface area contributed by atoms with E-state index in [1.54, 1.807) is 24.7 Å². The Morgan fingerprint density at radius 1 is 1.39 bits per heavy atom. The third kappa shape index (κ3) is 3.35. The van der Waals surface area contributed by atoms with Crippen LogP contribution < -0.4 is 11.1 Å². The molecule has 0 aliphatic heterocycles. The monoisotopic (exact) mass is 374 g/mol. The zero-order valence-corrected chi connectivity index (χ0v) is 15.0. The van der Waals surface area contributed by atoms with Gasteiger partial charge in [-0.25, -0.2) is 9.97 Å². The smallest absolute Gasteiger partial charge is 0.230 e. The van der Waals surface area contributed by atoms with Gasteiger partial charge in [-0.05, 0) is 42.0 Å². The fourth-order valence-electron chi connectivity index (χ4n) is 3.22. The number of anilines is 2. The van der Waals surface area contributed by atoms with Gasteiger partial charge in [-0.15, -0.1) is 0 Å². The fourth-order valence-corrected chi connectivity index (χ4v) is 3.22. The molecule has 4 rings (SSSR count). The number of aromatic nitrogens is 3. The number of aliphatic hydroxyl groups is 1. The molecule has 2 atom stereocenters. The normalized spacial score (nSPS) is 17.9. The molecule has 1 fully saturated rings. The van der Waals surface area contributed by atoms with Gasteiger partial charge >= 0.3 is 0 Å². The predicted molar refractivity (Wildman–Crippen MR) is 104 cm³/mol. The number of hydrogen-bond acceptors (Lipinski definition) is 7. The maximum atomic E-state index is 12.2. The molecule has 1 unspecified atom stereocenters. The molecule has 4 N–H and O–H groups in total. The Bertz CT molecular complexity index is 1110. The van der Waals surface area contributed by atoms with E-state index in [1.165, 1.54) is 0 Å². The van der Waals surface area contributed by atoms with Crippen LogP contribution in [-0.4, -0.2) is 32.6 Å². The van der Waals surface area contributed by atoms with Crippen LogP contribution >= 0.6 is 0 Å². The summed E-state index contributed by atoms with van der Waals surface area (Å²) in [4.78, 5) is 25.0. The second-order valence-corrected chi connectivity index (χ2v) is 6.76. The highest BCUT2D eigenvalue weighted by atomic mass is 16.3. The number of fused-ring (bicyclic) bond motifs is 1. The van der Waals surface area contributed by atoms with E-state index in [0.29, 0.717) is 35.6 Å². The van der Waals surface area contributed by atoms with Gasteiger partial charge in [0, 0.05) is 36.1 Å². The molecule has 8 heteroatoms. The van der Waals surface area contributed by atoms with E-state index in [1.807, 2.05) is 12.1 Å². The van der Waals surface area contributed by atoms with E-state index in [9.17, 15) is 9.90 Å². The van der Waals surface area contributed by atoms with Gasteiger partial charge in [0.05, 0.1) is 23.6 Å². The highest BCUT2D eigenvalue weighted by molar-refractivity contribution is 5.98. The van der Waals surface area contributed by atoms with Gasteiger partial charge in [0.15, 0.2) is 0 Å². The van der Waals surface area contributed by atoms with E-state index < -0.39 is 0 Å². The zero-order chi connectivity index (χ0) is 19.7. The molecule has 1 saturated carbocycles. The van der Waals surface area contributed by atoms with Crippen molar-refractivity contribution in [3.8, 4) is 17.3 Å². The molecule has 1 amide bonds. The van der Waals surface area contributed by atoms with Crippen molar-refractivity contribution in [2.45, 2.75) is 12.8 Å². The summed E-state index contributed by atoms with van der Waals surface area (Å²) in [6.45, 7) is 0.0189. The molecule has 0 radical (unpaired) electrons. The van der Waals surface area contributed by atoms with Crippen LogP contribution in [0.2, 0.25) is 0 Å². The third-order valence-electron chi connectivity index (χ3n) is 4.86. The van der Waals surface area contributed by atoms with Gasteiger partial charge in [-0.1, -0.05) is 0 Å². The Morgan fingerprint density at radius 3 is 3.00 bits per heavy atom. The fraction of sp³-hybridized carbons (Fsp3) is 0.250. The standard InChI is InChI=1S/C20H18N6O2/c21-8-13-5-14(13)20(28)26-18-7-12-6-17(25-19(22)16(12)10-24-18)15-9-23-3-1-11(15)2-4-27/h1,3,6-7,9-10,13-14,27H,2,4-5H2,(H2,22,25)(H,24,26,28)/t13?,14-/m0/s1. The lowest BCUT2D eigenvalue weighted by atomic mass is 10.0. The highest BCUT2D eigenvalue weighted by Crippen LogP contribution is 2.38. The maximum Gasteiger partial charge on any atom is 0.230 e. The van der Waals surface area contributed by atoms with Crippen LogP contribution in [0.3, 0.4) is 0 Å². The van der Waals surface area contributed by atoms with E-state index >= 15 is 0 Å². The van der Waals surface area contributed by atoms with Gasteiger partial charge in [0.1, 0.15) is 11.6 Å². The number of nitrogen functional groups attached to an aromatic ring is 1. The van der Waals surface area contributed by atoms with Crippen LogP contribution in [0.1, 0.15) is 12.0 Å². The maximum absolute atomic E-state index is 12.2. The first-order valence-corrected chi connectivity index (χ1v) is 8.91. The van der Waals surface area contributed by atoms with Crippen molar-refractivity contribution in [3.05, 3.63) is 42.4 Å². The number of aliphatic hydroxyl groups excluding tert-OH is 1. The third-order valence-corrected chi connectivity index (χ3v) is 4.86. The molecule has 28 heavy (non-hydrogen) atoms. The first-order chi connectivity index (χ1) is 13.6. The minimum absolute atomic E-state index is 0.0189. The molecule has 3 aromatic rings. The minimum Gasteiger partial charge on any atom is -0.396 e. The molecule has 0 saturated heterocycles. The van der Waals surface area contributed by atoms with Crippen molar-refractivity contribution in [1.29, 1.82) is 5.26 Å². The van der Waals surface area contributed by atoms with E-state index in [4.69, 9.17) is 11.0 Å². The summed E-state index contributed by atoms with van der Waals surface area (Å²) in [5.41, 5.74) is 8.47. The molecule has 3 aromatic heterocycles. The number of nitrogens with zero attached hydrogens (tertiary/aromatic N) is 4. The van der Waals surface area contributed by atoms with Crippen LogP contribution in [0.4, 0.5) is 11.6 Å². The topological polar surface area (TPSA) is 138 Å². The first-order valence-electron chi connectivity index (χ1n) is 8.91. The molecule has 0 bridgehead atoms. The summed E-state index contributed by atoms with van der Waals surface area (Å²) in [6, 6.07) is 7.54. The Kier molecular flexibility index (Phi) is 4.59. The summed E-state index contributed by atoms with van der Waals surface area (Å²) in [6.07, 6.45) is 6.01. The average molecular weight is 374 g/mol. The molecule has 140 valence electrons. The largest absolute Gasteiger partial charge is 0.396 e. The van der Waals surface area contributed by atoms with Gasteiger partial charge in [0.2, 0.25) is 5.91 Å². The quantitative estimate of drug-likeness (QED) is 0.620. The zero-order valence-electron chi connectivity index (χ0n) is 15.0. The Labute approximate surface area is 161 Å². The number of nitrogens with one attached hydrogen (secondary N) is 1. The van der Waals surface area contributed by atoms with Crippen LogP contribution in [-0.2, 0) is 11.2 Å². The van der Waals surface area contributed by atoms with Crippen molar-refractivity contribution in [2.75, 3.05) is 17.7 Å². The SMILES string of the molecule is N#CC1C[C@@H]1C(=O)Nc1cc2cc(-c3cnccc3CCO)nc(N)c2cn1. The second-order valence-electron chi connectivity index (χ2n) is 6.76. The first kappa shape index (κ1) is 17.8. The Morgan fingerprint density at radius 2 is 2.25 bits per heavy atom. The summed E-state index contributed by atoms with van der Waals surface area (Å²) in [5.74, 6) is 0.0559. The number of carbonyl (C=O) groups excluding carboxylic acids is 1. The van der Waals surface area contributed by atoms with E-state index in [-0.39, 0.29) is 24.3 Å². The van der Waals surface area contributed by atoms with E-state index in [2.05, 4.69) is 26.3 Å². The summed E-state index contributed by atoms with van der Waals surface area (Å²) < 4.78 is 0. The molecule has 0 aromatic carbocycles. The van der Waals surface area contributed by atoms with Crippen LogP contribution in [0.15, 0.2) is 36.8 Å². The van der Waals surface area contributed by atoms with Crippen LogP contribution in [0, 0.1) is 23.2 Å². The van der Waals surface area contributed by atoms with Crippen LogP contribution in [0.5, 0.6) is 0 Å². The number of pyridine rings is 3. The van der Waals surface area contributed by atoms with Crippen molar-refractivity contribution >= 4 is 28.3 Å². The average Bonchev–Trinajstić information content (AvgIpc) is 3.48. The van der Waals surface area contributed by atoms with Gasteiger partial charge in [-0.3, -0.25) is 9.78 Å². The molecule has 0 spiro atoms. The van der Waals surface area contributed by atoms with Gasteiger partial charge in [-0.2, -0.15) is 5.26 Å². The number of nitrogens with two attached hydrogens (primary N) is 1. The van der Waals surface area contributed by atoms with Crippen molar-refractivity contribution in [3.63, 3.8) is 0 Å². The summed E-state index contributed by atoms with van der Waals surface area (Å²) in [5, 5.41) is 22.4. The lowest BCUT2D eigenvalue weighted by Crippen LogP contribution is -2.15. The predicted octanol–water partition coefficient (Wildman–Crippen LogP) is 1.91. The van der Waals surface area contributed by atoms with Crippen molar-refractivity contribution in [2.24, 2.45) is 11.8 Å². The Hall–Kier alpha value is -3.57. The summed E-state index contributed by atoms with van der Waals surface area (Å²) in [7, 11) is 0. The van der Waals surface area contributed by atoms with Gasteiger partial charge in [0.25, 0.3) is 0 Å². The lowest BCUT2D eigenvalue weighted by molar-refractivity contribution is -0.117. The molecule has 8 nitrogen and oxygen atoms in total. The summed E-state index contributed by atoms with van der Waals surface area (Å²) >= 11 is 0. The molecule has 1 aliphatic carbocycles. The second kappa shape index (κ2) is 7.21. The van der Waals surface area contributed by atoms with Gasteiger partial charge < -0.3 is 16.2 Å². The number of nitriles is 1. The van der Waals surface area contributed by atoms with Crippen LogP contribution in [0.25, 0.3) is 22.0 Å². The van der Waals surface area contributed by atoms with Crippen molar-refractivity contribution < 1.29 is 9.90 Å². The Balaban J connectivity index is 1.69. The lowest BCUT2D eigenvalue weighted by Gasteiger charge is -2.11. The number of rotatable bonds is 5. The number of carbonyl (C=O) groups is 1. The molecule has 3 heterocycles. The minimum atomic E-state index is -0.267. The highest BCUT2D eigenvalue weighted by Gasteiger charge is 2.43. The molecular formula is C20H18N6O2. The number of hydrogen-bond donors (Lipinski definition) is 3. The molecule has 1 aliphatic rings.